The highest BCUT2D eigenvalue weighted by atomic mass is 79.9. The Bertz CT molecular complexity index is 1010. The van der Waals surface area contributed by atoms with Crippen LogP contribution in [0.25, 0.3) is 6.08 Å². The van der Waals surface area contributed by atoms with Crippen LogP contribution in [0.1, 0.15) is 5.56 Å². The van der Waals surface area contributed by atoms with Crippen molar-refractivity contribution in [1.82, 2.24) is 0 Å². The number of carboxylic acid groups (broad SMARTS) is 1. The number of rotatable bonds is 6. The molecule has 150 valence electrons. The molecule has 0 bridgehead atoms. The van der Waals surface area contributed by atoms with E-state index in [1.807, 2.05) is 43.3 Å². The van der Waals surface area contributed by atoms with Crippen molar-refractivity contribution in [2.75, 3.05) is 30.5 Å². The molecule has 0 atom stereocenters. The van der Waals surface area contributed by atoms with Crippen LogP contribution in [0.5, 0.6) is 5.75 Å². The maximum Gasteiger partial charge on any atom is 0.341 e. The molecule has 3 rings (SSSR count). The van der Waals surface area contributed by atoms with Gasteiger partial charge in [-0.05, 0) is 48.5 Å². The summed E-state index contributed by atoms with van der Waals surface area (Å²) in [6, 6.07) is 12.7. The monoisotopic (exact) mass is 492 g/mol. The second-order valence-electron chi connectivity index (χ2n) is 6.29. The molecule has 2 aromatic rings. The first-order chi connectivity index (χ1) is 13.8. The summed E-state index contributed by atoms with van der Waals surface area (Å²) in [6.45, 7) is -0.471. The number of hydrogen-bond donors (Lipinski definition) is 1. The molecule has 0 aromatic heterocycles. The normalized spacial score (nSPS) is 15.1. The van der Waals surface area contributed by atoms with Crippen molar-refractivity contribution in [2.24, 2.45) is 0 Å². The van der Waals surface area contributed by atoms with E-state index in [0.29, 0.717) is 26.2 Å². The topological polar surface area (TPSA) is 70.1 Å². The molecular weight excluding hydrogens is 476 g/mol. The first-order valence-electron chi connectivity index (χ1n) is 8.46. The number of ether oxygens (including phenoxy) is 1. The molecular formula is C20H17BrN2O4S2. The zero-order valence-electron chi connectivity index (χ0n) is 15.6. The molecule has 0 unspecified atom stereocenters. The number of thioether (sulfide) groups is 1. The number of benzene rings is 2. The summed E-state index contributed by atoms with van der Waals surface area (Å²) in [5.41, 5.74) is 2.30. The molecule has 6 nitrogen and oxygen atoms in total. The number of carbonyl (C=O) groups is 2. The van der Waals surface area contributed by atoms with E-state index in [9.17, 15) is 9.59 Å². The summed E-state index contributed by atoms with van der Waals surface area (Å²) in [6.07, 6.45) is 1.66. The second kappa shape index (κ2) is 8.98. The third-order valence-electron chi connectivity index (χ3n) is 4.03. The molecule has 0 aliphatic carbocycles. The number of hydrogen-bond acceptors (Lipinski definition) is 6. The summed E-state index contributed by atoms with van der Waals surface area (Å²) < 4.78 is 6.55. The number of nitrogens with zero attached hydrogens (tertiary/aromatic N) is 2. The molecule has 0 radical (unpaired) electrons. The van der Waals surface area contributed by atoms with Gasteiger partial charge in [-0.25, -0.2) is 4.79 Å². The van der Waals surface area contributed by atoms with Gasteiger partial charge in [-0.2, -0.15) is 0 Å². The van der Waals surface area contributed by atoms with Gasteiger partial charge >= 0.3 is 5.97 Å². The summed E-state index contributed by atoms with van der Waals surface area (Å²) in [5.74, 6) is -0.940. The quantitative estimate of drug-likeness (QED) is 0.473. The van der Waals surface area contributed by atoms with Crippen LogP contribution in [0.15, 0.2) is 51.8 Å². The first kappa shape index (κ1) is 21.4. The molecule has 1 heterocycles. The lowest BCUT2D eigenvalue weighted by molar-refractivity contribution is -0.139. The van der Waals surface area contributed by atoms with E-state index in [0.717, 1.165) is 10.2 Å². The average molecular weight is 493 g/mol. The Kier molecular flexibility index (Phi) is 6.61. The van der Waals surface area contributed by atoms with Crippen LogP contribution < -0.4 is 14.5 Å². The molecule has 2 aromatic carbocycles. The van der Waals surface area contributed by atoms with Crippen molar-refractivity contribution >= 4 is 73.6 Å². The van der Waals surface area contributed by atoms with Crippen LogP contribution in [0, 0.1) is 0 Å². The Balaban J connectivity index is 1.90. The third kappa shape index (κ3) is 4.98. The Morgan fingerprint density at radius 2 is 1.97 bits per heavy atom. The van der Waals surface area contributed by atoms with Gasteiger partial charge in [0.1, 0.15) is 5.75 Å². The minimum atomic E-state index is -1.08. The lowest BCUT2D eigenvalue weighted by atomic mass is 10.2. The minimum absolute atomic E-state index is 0.234. The van der Waals surface area contributed by atoms with Gasteiger partial charge in [0.25, 0.3) is 5.91 Å². The third-order valence-corrected chi connectivity index (χ3v) is 5.82. The van der Waals surface area contributed by atoms with Crippen LogP contribution in [0.4, 0.5) is 11.4 Å². The molecule has 1 amide bonds. The van der Waals surface area contributed by atoms with E-state index >= 15 is 0 Å². The molecule has 29 heavy (non-hydrogen) atoms. The first-order valence-corrected chi connectivity index (χ1v) is 10.5. The number of aliphatic carboxylic acids is 1. The molecule has 0 saturated carbocycles. The summed E-state index contributed by atoms with van der Waals surface area (Å²) in [4.78, 5) is 27.7. The van der Waals surface area contributed by atoms with E-state index in [-0.39, 0.29) is 5.91 Å². The maximum atomic E-state index is 13.0. The van der Waals surface area contributed by atoms with Gasteiger partial charge in [0.2, 0.25) is 0 Å². The Morgan fingerprint density at radius 1 is 1.28 bits per heavy atom. The van der Waals surface area contributed by atoms with Gasteiger partial charge < -0.3 is 14.7 Å². The largest absolute Gasteiger partial charge is 0.481 e. The molecule has 1 aliphatic heterocycles. The standard InChI is InChI=1S/C20H17BrN2O4S2/c1-22(2)14-4-6-15(7-5-14)23-19(26)17(29-20(23)28)10-12-9-13(21)3-8-16(12)27-11-18(24)25/h3-10H,11H2,1-2H3,(H,24,25)/b17-10+. The van der Waals surface area contributed by atoms with Crippen molar-refractivity contribution in [3.63, 3.8) is 0 Å². The van der Waals surface area contributed by atoms with Crippen LogP contribution in [-0.2, 0) is 9.59 Å². The van der Waals surface area contributed by atoms with Gasteiger partial charge in [0, 0.05) is 29.8 Å². The van der Waals surface area contributed by atoms with Crippen molar-refractivity contribution in [2.45, 2.75) is 0 Å². The SMILES string of the molecule is CN(C)c1ccc(N2C(=O)/C(=C\c3cc(Br)ccc3OCC(=O)O)SC2=S)cc1. The Morgan fingerprint density at radius 3 is 2.59 bits per heavy atom. The van der Waals surface area contributed by atoms with E-state index in [1.165, 1.54) is 16.7 Å². The molecule has 9 heteroatoms. The fraction of sp³-hybridized carbons (Fsp3) is 0.150. The van der Waals surface area contributed by atoms with Gasteiger partial charge in [-0.15, -0.1) is 0 Å². The summed E-state index contributed by atoms with van der Waals surface area (Å²) in [5, 5.41) is 8.86. The highest BCUT2D eigenvalue weighted by molar-refractivity contribution is 9.10. The van der Waals surface area contributed by atoms with Gasteiger partial charge in [-0.1, -0.05) is 39.9 Å². The van der Waals surface area contributed by atoms with Crippen LogP contribution in [0.3, 0.4) is 0 Å². The highest BCUT2D eigenvalue weighted by Gasteiger charge is 2.33. The minimum Gasteiger partial charge on any atom is -0.481 e. The molecule has 0 spiro atoms. The summed E-state index contributed by atoms with van der Waals surface area (Å²) in [7, 11) is 3.89. The van der Waals surface area contributed by atoms with Gasteiger partial charge in [-0.3, -0.25) is 9.69 Å². The Hall–Kier alpha value is -2.36. The van der Waals surface area contributed by atoms with Crippen molar-refractivity contribution in [1.29, 1.82) is 0 Å². The van der Waals surface area contributed by atoms with E-state index < -0.39 is 12.6 Å². The number of thiocarbonyl (C=S) groups is 1. The smallest absolute Gasteiger partial charge is 0.341 e. The van der Waals surface area contributed by atoms with Crippen LogP contribution >= 0.6 is 39.9 Å². The molecule has 1 N–H and O–H groups in total. The number of halogens is 1. The number of anilines is 2. The highest BCUT2D eigenvalue weighted by Crippen LogP contribution is 2.38. The van der Waals surface area contributed by atoms with Crippen LogP contribution in [0.2, 0.25) is 0 Å². The molecule has 1 fully saturated rings. The lowest BCUT2D eigenvalue weighted by Gasteiger charge is -2.17. The lowest BCUT2D eigenvalue weighted by Crippen LogP contribution is -2.27. The maximum absolute atomic E-state index is 13.0. The van der Waals surface area contributed by atoms with E-state index in [2.05, 4.69) is 15.9 Å². The predicted molar refractivity (Wildman–Crippen MR) is 124 cm³/mol. The van der Waals surface area contributed by atoms with Crippen LogP contribution in [-0.4, -0.2) is 42.0 Å². The zero-order valence-corrected chi connectivity index (χ0v) is 18.8. The fourth-order valence-electron chi connectivity index (χ4n) is 2.63. The predicted octanol–water partition coefficient (Wildman–Crippen LogP) is 4.38. The summed E-state index contributed by atoms with van der Waals surface area (Å²) >= 11 is 10.00. The zero-order chi connectivity index (χ0) is 21.1. The fourth-order valence-corrected chi connectivity index (χ4v) is 4.30. The molecule has 1 saturated heterocycles. The van der Waals surface area contributed by atoms with E-state index in [4.69, 9.17) is 22.1 Å². The average Bonchev–Trinajstić information content (AvgIpc) is 2.94. The number of amides is 1. The molecule has 1 aliphatic rings. The number of carbonyl (C=O) groups excluding carboxylic acids is 1. The number of carboxylic acids is 1. The second-order valence-corrected chi connectivity index (χ2v) is 8.88. The van der Waals surface area contributed by atoms with Gasteiger partial charge in [0.15, 0.2) is 10.9 Å². The van der Waals surface area contributed by atoms with Crippen molar-refractivity contribution < 1.29 is 19.4 Å². The van der Waals surface area contributed by atoms with E-state index in [1.54, 1.807) is 24.3 Å². The van der Waals surface area contributed by atoms with Crippen molar-refractivity contribution in [3.8, 4) is 5.75 Å². The van der Waals surface area contributed by atoms with Gasteiger partial charge in [0.05, 0.1) is 10.6 Å². The Labute approximate surface area is 186 Å². The van der Waals surface area contributed by atoms with Crippen molar-refractivity contribution in [3.05, 3.63) is 57.4 Å².